The van der Waals surface area contributed by atoms with E-state index in [9.17, 15) is 0 Å². The molecule has 13 rings (SSSR count). The van der Waals surface area contributed by atoms with Crippen LogP contribution in [0.5, 0.6) is 0 Å². The van der Waals surface area contributed by atoms with Crippen LogP contribution in [0.1, 0.15) is 0 Å². The molecule has 4 heterocycles. The van der Waals surface area contributed by atoms with Crippen LogP contribution in [0.3, 0.4) is 0 Å². The number of fused-ring (bicyclic) bond motifs is 10. The van der Waals surface area contributed by atoms with Crippen molar-refractivity contribution in [3.05, 3.63) is 200 Å². The second-order valence-electron chi connectivity index (χ2n) is 15.6. The van der Waals surface area contributed by atoms with Crippen molar-refractivity contribution in [3.63, 3.8) is 0 Å². The van der Waals surface area contributed by atoms with Crippen molar-refractivity contribution in [2.24, 2.45) is 0 Å². The van der Waals surface area contributed by atoms with E-state index in [-0.39, 0.29) is 0 Å². The molecule has 0 saturated carbocycles. The normalized spacial score (nSPS) is 11.9. The number of hydrogen-bond donors (Lipinski definition) is 0. The van der Waals surface area contributed by atoms with E-state index in [2.05, 4.69) is 179 Å². The van der Waals surface area contributed by atoms with Crippen LogP contribution in [-0.2, 0) is 0 Å². The van der Waals surface area contributed by atoms with E-state index in [0.29, 0.717) is 17.5 Å². The van der Waals surface area contributed by atoms with Gasteiger partial charge in [-0.15, -0.1) is 0 Å². The minimum atomic E-state index is 0.532. The molecule has 0 aliphatic heterocycles. The summed E-state index contributed by atoms with van der Waals surface area (Å²) in [5, 5.41) is 9.02. The van der Waals surface area contributed by atoms with Gasteiger partial charge in [0.1, 0.15) is 11.2 Å². The van der Waals surface area contributed by atoms with Crippen molar-refractivity contribution >= 4 is 76.3 Å². The molecule has 0 unspecified atom stereocenters. The average molecular weight is 780 g/mol. The maximum Gasteiger partial charge on any atom is 0.167 e. The Balaban J connectivity index is 1.13. The van der Waals surface area contributed by atoms with Gasteiger partial charge in [-0.2, -0.15) is 0 Å². The molecule has 0 amide bonds. The smallest absolute Gasteiger partial charge is 0.167 e. The highest BCUT2D eigenvalue weighted by molar-refractivity contribution is 6.17. The molecule has 6 heteroatoms. The molecule has 284 valence electrons. The molecule has 61 heavy (non-hydrogen) atoms. The van der Waals surface area contributed by atoms with Gasteiger partial charge in [0, 0.05) is 54.8 Å². The second-order valence-corrected chi connectivity index (χ2v) is 15.6. The third-order valence-corrected chi connectivity index (χ3v) is 12.1. The summed E-state index contributed by atoms with van der Waals surface area (Å²) in [4.78, 5) is 16.0. The summed E-state index contributed by atoms with van der Waals surface area (Å²) < 4.78 is 11.5. The molecule has 0 aliphatic rings. The molecule has 0 atom stereocenters. The Kier molecular flexibility index (Phi) is 7.21. The van der Waals surface area contributed by atoms with Gasteiger partial charge >= 0.3 is 0 Å². The first kappa shape index (κ1) is 33.6. The Morgan fingerprint density at radius 2 is 0.934 bits per heavy atom. The van der Waals surface area contributed by atoms with Crippen LogP contribution in [-0.4, -0.2) is 24.1 Å². The maximum atomic E-state index is 6.80. The Morgan fingerprint density at radius 1 is 0.344 bits per heavy atom. The van der Waals surface area contributed by atoms with Crippen molar-refractivity contribution in [1.29, 1.82) is 0 Å². The summed E-state index contributed by atoms with van der Waals surface area (Å²) in [5.74, 6) is 1.70. The van der Waals surface area contributed by atoms with E-state index in [1.165, 1.54) is 21.5 Å². The highest BCUT2D eigenvalue weighted by Gasteiger charge is 2.23. The predicted molar refractivity (Wildman–Crippen MR) is 250 cm³/mol. The molecule has 0 saturated heterocycles. The predicted octanol–water partition coefficient (Wildman–Crippen LogP) is 14.1. The molecular weight excluding hydrogens is 747 g/mol. The van der Waals surface area contributed by atoms with Crippen LogP contribution in [0, 0.1) is 0 Å². The van der Waals surface area contributed by atoms with E-state index in [4.69, 9.17) is 19.4 Å². The summed E-state index contributed by atoms with van der Waals surface area (Å²) in [6.45, 7) is 0. The van der Waals surface area contributed by atoms with E-state index in [0.717, 1.165) is 82.8 Å². The maximum absolute atomic E-state index is 6.80. The highest BCUT2D eigenvalue weighted by Crippen LogP contribution is 2.43. The summed E-state index contributed by atoms with van der Waals surface area (Å²) in [5.41, 5.74) is 10.7. The lowest BCUT2D eigenvalue weighted by atomic mass is 10.0. The first-order valence-corrected chi connectivity index (χ1v) is 20.5. The van der Waals surface area contributed by atoms with Gasteiger partial charge in [-0.3, -0.25) is 0 Å². The molecule has 0 spiro atoms. The van der Waals surface area contributed by atoms with E-state index in [1.807, 2.05) is 30.3 Å². The summed E-state index contributed by atoms with van der Waals surface area (Å²) in [7, 11) is 0. The van der Waals surface area contributed by atoms with Crippen LogP contribution in [0.2, 0.25) is 0 Å². The van der Waals surface area contributed by atoms with Gasteiger partial charge in [0.25, 0.3) is 0 Å². The van der Waals surface area contributed by atoms with Crippen molar-refractivity contribution in [1.82, 2.24) is 24.1 Å². The molecule has 0 bridgehead atoms. The molecule has 0 fully saturated rings. The lowest BCUT2D eigenvalue weighted by molar-refractivity contribution is 0.669. The first-order valence-electron chi connectivity index (χ1n) is 20.5. The third kappa shape index (κ3) is 5.12. The van der Waals surface area contributed by atoms with Crippen LogP contribution in [0.25, 0.3) is 122 Å². The molecule has 6 nitrogen and oxygen atoms in total. The Labute approximate surface area is 349 Å². The second kappa shape index (κ2) is 13.1. The van der Waals surface area contributed by atoms with Gasteiger partial charge in [0.2, 0.25) is 0 Å². The van der Waals surface area contributed by atoms with E-state index in [1.54, 1.807) is 0 Å². The minimum absolute atomic E-state index is 0.532. The molecule has 0 aliphatic carbocycles. The summed E-state index contributed by atoms with van der Waals surface area (Å²) in [6, 6.07) is 70.2. The van der Waals surface area contributed by atoms with Gasteiger partial charge in [-0.25, -0.2) is 15.0 Å². The van der Waals surface area contributed by atoms with Crippen molar-refractivity contribution in [2.75, 3.05) is 0 Å². The molecular formula is C55H33N5O. The fourth-order valence-electron chi connectivity index (χ4n) is 9.43. The van der Waals surface area contributed by atoms with E-state index >= 15 is 0 Å². The van der Waals surface area contributed by atoms with Gasteiger partial charge in [-0.1, -0.05) is 140 Å². The molecule has 4 aromatic heterocycles. The zero-order chi connectivity index (χ0) is 40.0. The third-order valence-electron chi connectivity index (χ3n) is 12.1. The number of para-hydroxylation sites is 4. The van der Waals surface area contributed by atoms with Crippen LogP contribution < -0.4 is 0 Å². The van der Waals surface area contributed by atoms with Gasteiger partial charge in [0.15, 0.2) is 17.5 Å². The lowest BCUT2D eigenvalue weighted by Gasteiger charge is -2.13. The van der Waals surface area contributed by atoms with Crippen molar-refractivity contribution in [2.45, 2.75) is 0 Å². The van der Waals surface area contributed by atoms with Gasteiger partial charge < -0.3 is 13.6 Å². The zero-order valence-electron chi connectivity index (χ0n) is 32.7. The summed E-state index contributed by atoms with van der Waals surface area (Å²) >= 11 is 0. The fraction of sp³-hybridized carbons (Fsp3) is 0. The topological polar surface area (TPSA) is 61.7 Å². The Bertz CT molecular complexity index is 3880. The van der Waals surface area contributed by atoms with Crippen molar-refractivity contribution in [3.8, 4) is 45.5 Å². The van der Waals surface area contributed by atoms with Gasteiger partial charge in [0.05, 0.1) is 27.6 Å². The molecule has 13 aromatic rings. The van der Waals surface area contributed by atoms with Crippen LogP contribution >= 0.6 is 0 Å². The van der Waals surface area contributed by atoms with Crippen LogP contribution in [0.4, 0.5) is 0 Å². The number of nitrogens with zero attached hydrogens (tertiary/aromatic N) is 5. The quantitative estimate of drug-likeness (QED) is 0.175. The zero-order valence-corrected chi connectivity index (χ0v) is 32.7. The lowest BCUT2D eigenvalue weighted by Crippen LogP contribution is -2.02. The van der Waals surface area contributed by atoms with Gasteiger partial charge in [-0.05, 0) is 71.4 Å². The minimum Gasteiger partial charge on any atom is -0.455 e. The molecule has 0 radical (unpaired) electrons. The Morgan fingerprint density at radius 3 is 1.74 bits per heavy atom. The van der Waals surface area contributed by atoms with Crippen molar-refractivity contribution < 1.29 is 4.42 Å². The van der Waals surface area contributed by atoms with E-state index < -0.39 is 0 Å². The largest absolute Gasteiger partial charge is 0.455 e. The number of aromatic nitrogens is 5. The molecule has 9 aromatic carbocycles. The SMILES string of the molecule is c1ccc(-c2nc(-c3cc(-n4c5ccccc5c5cc6ccccc6cc54)cc4c3oc3ccccc34)nc(-c3cccc4c3c3ccccc3n4-c3ccccc3)n2)cc1. The number of benzene rings is 9. The number of rotatable bonds is 5. The van der Waals surface area contributed by atoms with Crippen LogP contribution in [0.15, 0.2) is 205 Å². The first-order chi connectivity index (χ1) is 30.2. The summed E-state index contributed by atoms with van der Waals surface area (Å²) in [6.07, 6.45) is 0. The number of furan rings is 1. The number of hydrogen-bond acceptors (Lipinski definition) is 4. The average Bonchev–Trinajstić information content (AvgIpc) is 3.98. The fourth-order valence-corrected chi connectivity index (χ4v) is 9.43. The Hall–Kier alpha value is -8.35. The molecule has 0 N–H and O–H groups in total. The monoisotopic (exact) mass is 779 g/mol. The standard InChI is InChI=1S/C55H33N5O/c1-3-16-34(17-4-1)53-56-54(42-25-15-28-48-51(42)41-24-10-13-27-47(41)59(48)37-20-5-2-6-21-37)58-55(57-53)45-33-38(32-44-40-23-11-14-29-50(40)61-52(44)45)60-46-26-12-9-22-39(46)43-30-35-18-7-8-19-36(35)31-49(43)60/h1-33H. The highest BCUT2D eigenvalue weighted by atomic mass is 16.3.